The summed E-state index contributed by atoms with van der Waals surface area (Å²) in [5, 5.41) is 8.91. The van der Waals surface area contributed by atoms with E-state index in [0.717, 1.165) is 0 Å². The molecule has 1 aromatic rings. The Morgan fingerprint density at radius 3 is 2.50 bits per heavy atom. The molecule has 18 heavy (non-hydrogen) atoms. The zero-order valence-electron chi connectivity index (χ0n) is 10.2. The number of sulfone groups is 1. The summed E-state index contributed by atoms with van der Waals surface area (Å²) in [6.45, 7) is 2.51. The topological polar surface area (TPSA) is 84.0 Å². The van der Waals surface area contributed by atoms with E-state index in [-0.39, 0.29) is 15.9 Å². The number of hydrogen-bond donors (Lipinski definition) is 1. The summed E-state index contributed by atoms with van der Waals surface area (Å²) in [6.07, 6.45) is 0. The molecular formula is C12H16N2O2S2. The van der Waals surface area contributed by atoms with Crippen LogP contribution in [0.15, 0.2) is 29.2 Å². The van der Waals surface area contributed by atoms with Gasteiger partial charge in [0.25, 0.3) is 0 Å². The molecule has 0 aliphatic carbocycles. The van der Waals surface area contributed by atoms with Crippen LogP contribution in [0, 0.1) is 11.3 Å². The maximum atomic E-state index is 12.0. The highest BCUT2D eigenvalue weighted by atomic mass is 32.2. The summed E-state index contributed by atoms with van der Waals surface area (Å²) in [5.74, 6) is 0.620. The van der Waals surface area contributed by atoms with Crippen LogP contribution in [-0.2, 0) is 9.84 Å². The Bertz CT molecular complexity index is 518. The monoisotopic (exact) mass is 284 g/mol. The maximum absolute atomic E-state index is 12.0. The molecule has 1 atom stereocenters. The highest BCUT2D eigenvalue weighted by Crippen LogP contribution is 2.15. The Morgan fingerprint density at radius 2 is 2.00 bits per heavy atom. The Labute approximate surface area is 112 Å². The average Bonchev–Trinajstić information content (AvgIpc) is 2.38. The number of nitrogens with zero attached hydrogens (tertiary/aromatic N) is 1. The van der Waals surface area contributed by atoms with Crippen LogP contribution in [0.5, 0.6) is 0 Å². The molecular weight excluding hydrogens is 268 g/mol. The van der Waals surface area contributed by atoms with Crippen molar-refractivity contribution in [2.45, 2.75) is 17.1 Å². The van der Waals surface area contributed by atoms with Gasteiger partial charge in [-0.15, -0.1) is 0 Å². The minimum Gasteiger partial charge on any atom is -0.329 e. The molecule has 0 spiro atoms. The van der Waals surface area contributed by atoms with E-state index in [4.69, 9.17) is 11.0 Å². The van der Waals surface area contributed by atoms with Gasteiger partial charge in [0.05, 0.1) is 22.3 Å². The first kappa shape index (κ1) is 15.0. The van der Waals surface area contributed by atoms with E-state index >= 15 is 0 Å². The van der Waals surface area contributed by atoms with Crippen molar-refractivity contribution in [1.82, 2.24) is 0 Å². The number of benzene rings is 1. The molecule has 0 saturated heterocycles. The summed E-state index contributed by atoms with van der Waals surface area (Å²) in [6, 6.07) is 7.95. The predicted octanol–water partition coefficient (Wildman–Crippen LogP) is 1.41. The zero-order valence-corrected chi connectivity index (χ0v) is 11.8. The fourth-order valence-electron chi connectivity index (χ4n) is 1.28. The molecule has 4 nitrogen and oxygen atoms in total. The van der Waals surface area contributed by atoms with E-state index in [1.165, 1.54) is 24.3 Å². The molecule has 0 amide bonds. The molecule has 0 fully saturated rings. The number of nitriles is 1. The molecule has 0 radical (unpaired) electrons. The first-order valence-electron chi connectivity index (χ1n) is 5.54. The van der Waals surface area contributed by atoms with E-state index in [0.29, 0.717) is 17.9 Å². The predicted molar refractivity (Wildman–Crippen MR) is 74.2 cm³/mol. The van der Waals surface area contributed by atoms with Gasteiger partial charge in [-0.1, -0.05) is 6.92 Å². The molecule has 2 N–H and O–H groups in total. The van der Waals surface area contributed by atoms with Gasteiger partial charge in [0.2, 0.25) is 0 Å². The van der Waals surface area contributed by atoms with Crippen molar-refractivity contribution in [1.29, 1.82) is 5.26 Å². The van der Waals surface area contributed by atoms with Crippen LogP contribution in [0.1, 0.15) is 12.5 Å². The SMILES string of the molecule is CC(CN)SCCS(=O)(=O)c1ccc(C#N)cc1. The number of nitrogens with two attached hydrogens (primary N) is 1. The number of rotatable bonds is 6. The van der Waals surface area contributed by atoms with Gasteiger partial charge in [-0.3, -0.25) is 0 Å². The quantitative estimate of drug-likeness (QED) is 0.854. The van der Waals surface area contributed by atoms with E-state index in [1.54, 1.807) is 11.8 Å². The smallest absolute Gasteiger partial charge is 0.179 e. The normalized spacial score (nSPS) is 12.9. The van der Waals surface area contributed by atoms with Crippen LogP contribution in [0.25, 0.3) is 0 Å². The van der Waals surface area contributed by atoms with Crippen LogP contribution in [0.3, 0.4) is 0 Å². The number of thioether (sulfide) groups is 1. The van der Waals surface area contributed by atoms with Gasteiger partial charge in [-0.2, -0.15) is 17.0 Å². The fraction of sp³-hybridized carbons (Fsp3) is 0.417. The van der Waals surface area contributed by atoms with E-state index in [2.05, 4.69) is 0 Å². The van der Waals surface area contributed by atoms with Crippen molar-refractivity contribution in [3.63, 3.8) is 0 Å². The van der Waals surface area contributed by atoms with Gasteiger partial charge in [0, 0.05) is 17.5 Å². The largest absolute Gasteiger partial charge is 0.329 e. The average molecular weight is 284 g/mol. The van der Waals surface area contributed by atoms with E-state index in [9.17, 15) is 8.42 Å². The van der Waals surface area contributed by atoms with Crippen molar-refractivity contribution in [3.8, 4) is 6.07 Å². The van der Waals surface area contributed by atoms with Gasteiger partial charge >= 0.3 is 0 Å². The third kappa shape index (κ3) is 4.33. The summed E-state index contributed by atoms with van der Waals surface area (Å²) in [5.41, 5.74) is 5.92. The molecule has 0 aliphatic rings. The second kappa shape index (κ2) is 6.78. The fourth-order valence-corrected chi connectivity index (χ4v) is 3.87. The Hall–Kier alpha value is -1.03. The van der Waals surface area contributed by atoms with Crippen molar-refractivity contribution in [2.24, 2.45) is 5.73 Å². The van der Waals surface area contributed by atoms with Crippen molar-refractivity contribution in [2.75, 3.05) is 18.1 Å². The van der Waals surface area contributed by atoms with E-state index in [1.807, 2.05) is 13.0 Å². The summed E-state index contributed by atoms with van der Waals surface area (Å²) in [7, 11) is -3.26. The third-order valence-corrected chi connectivity index (χ3v) is 5.62. The maximum Gasteiger partial charge on any atom is 0.179 e. The summed E-state index contributed by atoms with van der Waals surface area (Å²) in [4.78, 5) is 0.266. The zero-order chi connectivity index (χ0) is 13.6. The lowest BCUT2D eigenvalue weighted by atomic mass is 10.2. The highest BCUT2D eigenvalue weighted by Gasteiger charge is 2.14. The standard InChI is InChI=1S/C12H16N2O2S2/c1-10(8-13)17-6-7-18(15,16)12-4-2-11(9-14)3-5-12/h2-5,10H,6-8,13H2,1H3. The highest BCUT2D eigenvalue weighted by molar-refractivity contribution is 8.01. The first-order valence-corrected chi connectivity index (χ1v) is 8.24. The molecule has 0 bridgehead atoms. The van der Waals surface area contributed by atoms with Gasteiger partial charge in [-0.25, -0.2) is 8.42 Å². The van der Waals surface area contributed by atoms with Crippen LogP contribution in [0.4, 0.5) is 0 Å². The summed E-state index contributed by atoms with van der Waals surface area (Å²) >= 11 is 1.55. The van der Waals surface area contributed by atoms with Gasteiger partial charge in [-0.05, 0) is 24.3 Å². The Morgan fingerprint density at radius 1 is 1.39 bits per heavy atom. The van der Waals surface area contributed by atoms with Gasteiger partial charge in [0.1, 0.15) is 0 Å². The van der Waals surface area contributed by atoms with Crippen molar-refractivity contribution >= 4 is 21.6 Å². The van der Waals surface area contributed by atoms with Crippen LogP contribution < -0.4 is 5.73 Å². The molecule has 0 heterocycles. The minimum absolute atomic E-state index is 0.0912. The Balaban J connectivity index is 2.66. The second-order valence-electron chi connectivity index (χ2n) is 3.87. The van der Waals surface area contributed by atoms with Crippen molar-refractivity contribution in [3.05, 3.63) is 29.8 Å². The second-order valence-corrected chi connectivity index (χ2v) is 7.53. The van der Waals surface area contributed by atoms with Crippen LogP contribution in [0.2, 0.25) is 0 Å². The molecule has 0 aliphatic heterocycles. The molecule has 0 saturated carbocycles. The number of hydrogen-bond acceptors (Lipinski definition) is 5. The van der Waals surface area contributed by atoms with Gasteiger partial charge in [0.15, 0.2) is 9.84 Å². The lowest BCUT2D eigenvalue weighted by Crippen LogP contribution is -2.16. The van der Waals surface area contributed by atoms with Gasteiger partial charge < -0.3 is 5.73 Å². The molecule has 0 aromatic heterocycles. The lowest BCUT2D eigenvalue weighted by molar-refractivity contribution is 0.597. The first-order chi connectivity index (χ1) is 8.49. The van der Waals surface area contributed by atoms with Crippen LogP contribution in [-0.4, -0.2) is 31.7 Å². The molecule has 98 valence electrons. The van der Waals surface area contributed by atoms with Crippen molar-refractivity contribution < 1.29 is 8.42 Å². The Kier molecular flexibility index (Phi) is 5.66. The molecule has 1 aromatic carbocycles. The molecule has 1 rings (SSSR count). The van der Waals surface area contributed by atoms with E-state index < -0.39 is 9.84 Å². The molecule has 6 heteroatoms. The van der Waals surface area contributed by atoms with Crippen LogP contribution >= 0.6 is 11.8 Å². The summed E-state index contributed by atoms with van der Waals surface area (Å²) < 4.78 is 23.9. The third-order valence-electron chi connectivity index (χ3n) is 2.43. The lowest BCUT2D eigenvalue weighted by Gasteiger charge is -2.08. The molecule has 1 unspecified atom stereocenters. The minimum atomic E-state index is -3.26.